The Hall–Kier alpha value is -1.73. The molecule has 7 heteroatoms. The molecule has 1 atom stereocenters. The molecule has 0 unspecified atom stereocenters. The molecule has 1 amide bonds. The number of aromatic nitrogens is 1. The monoisotopic (exact) mass is 489 g/mol. The zero-order valence-corrected chi connectivity index (χ0v) is 19.2. The quantitative estimate of drug-likeness (QED) is 0.456. The summed E-state index contributed by atoms with van der Waals surface area (Å²) in [4.78, 5) is 22.5. The molecule has 1 aliphatic heterocycles. The van der Waals surface area contributed by atoms with Gasteiger partial charge in [-0.3, -0.25) is 14.7 Å². The summed E-state index contributed by atoms with van der Waals surface area (Å²) in [5, 5.41) is 3.72. The van der Waals surface area contributed by atoms with E-state index in [1.807, 2.05) is 34.6 Å². The van der Waals surface area contributed by atoms with Gasteiger partial charge in [0.05, 0.1) is 10.5 Å². The lowest BCUT2D eigenvalue weighted by molar-refractivity contribution is -0.130. The number of rotatable bonds is 4. The second-order valence-corrected chi connectivity index (χ2v) is 9.53. The van der Waals surface area contributed by atoms with Crippen LogP contribution < -0.4 is 0 Å². The lowest BCUT2D eigenvalue weighted by Gasteiger charge is -2.39. The highest BCUT2D eigenvalue weighted by Gasteiger charge is 2.26. The van der Waals surface area contributed by atoms with E-state index in [1.54, 1.807) is 23.6 Å². The Morgan fingerprint density at radius 3 is 2.97 bits per heavy atom. The van der Waals surface area contributed by atoms with Gasteiger partial charge in [-0.05, 0) is 52.7 Å². The lowest BCUT2D eigenvalue weighted by Crippen LogP contribution is -2.53. The fourth-order valence-corrected chi connectivity index (χ4v) is 5.24. The second kappa shape index (κ2) is 8.96. The SMILES string of the molecule is C[C@H]1CN(Cc2ccc3c(Cl)ccnc3c2)CCN1C(=O)C=Cc1cc(Br)cs1. The zero-order valence-electron chi connectivity index (χ0n) is 16.0. The molecule has 0 spiro atoms. The number of pyridine rings is 1. The minimum atomic E-state index is 0.0752. The summed E-state index contributed by atoms with van der Waals surface area (Å²) in [5.74, 6) is 0.0752. The first-order chi connectivity index (χ1) is 14.0. The summed E-state index contributed by atoms with van der Waals surface area (Å²) in [5.41, 5.74) is 2.13. The number of benzene rings is 1. The van der Waals surface area contributed by atoms with Crippen LogP contribution in [0.3, 0.4) is 0 Å². The van der Waals surface area contributed by atoms with Crippen molar-refractivity contribution in [3.63, 3.8) is 0 Å². The van der Waals surface area contributed by atoms with Crippen LogP contribution in [-0.4, -0.2) is 46.4 Å². The minimum Gasteiger partial charge on any atom is -0.334 e. The topological polar surface area (TPSA) is 36.4 Å². The average Bonchev–Trinajstić information content (AvgIpc) is 3.12. The van der Waals surface area contributed by atoms with Crippen LogP contribution in [0.15, 0.2) is 52.5 Å². The molecule has 0 saturated carbocycles. The van der Waals surface area contributed by atoms with E-state index in [1.165, 1.54) is 5.56 Å². The van der Waals surface area contributed by atoms with Crippen LogP contribution in [-0.2, 0) is 11.3 Å². The van der Waals surface area contributed by atoms with Gasteiger partial charge in [0.25, 0.3) is 0 Å². The van der Waals surface area contributed by atoms with Crippen molar-refractivity contribution in [2.24, 2.45) is 0 Å². The highest BCUT2D eigenvalue weighted by Crippen LogP contribution is 2.24. The third-order valence-electron chi connectivity index (χ3n) is 5.13. The van der Waals surface area contributed by atoms with E-state index in [9.17, 15) is 4.79 Å². The van der Waals surface area contributed by atoms with Crippen molar-refractivity contribution in [3.05, 3.63) is 67.9 Å². The van der Waals surface area contributed by atoms with Crippen LogP contribution in [0.4, 0.5) is 0 Å². The Morgan fingerprint density at radius 2 is 2.21 bits per heavy atom. The molecule has 0 aliphatic carbocycles. The van der Waals surface area contributed by atoms with Crippen LogP contribution >= 0.6 is 38.9 Å². The van der Waals surface area contributed by atoms with Crippen molar-refractivity contribution in [2.75, 3.05) is 19.6 Å². The van der Waals surface area contributed by atoms with Crippen molar-refractivity contribution < 1.29 is 4.79 Å². The number of carbonyl (C=O) groups excluding carboxylic acids is 1. The number of halogens is 2. The highest BCUT2D eigenvalue weighted by molar-refractivity contribution is 9.10. The van der Waals surface area contributed by atoms with Gasteiger partial charge in [-0.25, -0.2) is 0 Å². The van der Waals surface area contributed by atoms with E-state index in [4.69, 9.17) is 11.6 Å². The highest BCUT2D eigenvalue weighted by atomic mass is 79.9. The lowest BCUT2D eigenvalue weighted by atomic mass is 10.1. The van der Waals surface area contributed by atoms with Crippen molar-refractivity contribution in [1.82, 2.24) is 14.8 Å². The number of piperazine rings is 1. The molecule has 0 N–H and O–H groups in total. The first-order valence-electron chi connectivity index (χ1n) is 9.48. The smallest absolute Gasteiger partial charge is 0.246 e. The van der Waals surface area contributed by atoms with Gasteiger partial charge >= 0.3 is 0 Å². The molecular weight excluding hydrogens is 470 g/mol. The Balaban J connectivity index is 1.37. The molecule has 0 bridgehead atoms. The molecule has 3 heterocycles. The van der Waals surface area contributed by atoms with Gasteiger partial charge in [-0.2, -0.15) is 0 Å². The van der Waals surface area contributed by atoms with Crippen molar-refractivity contribution in [1.29, 1.82) is 0 Å². The molecule has 29 heavy (non-hydrogen) atoms. The molecule has 4 rings (SSSR count). The summed E-state index contributed by atoms with van der Waals surface area (Å²) in [6.45, 7) is 5.40. The number of thiophene rings is 1. The first-order valence-corrected chi connectivity index (χ1v) is 11.5. The van der Waals surface area contributed by atoms with E-state index >= 15 is 0 Å². The number of nitrogens with zero attached hydrogens (tertiary/aromatic N) is 3. The number of hydrogen-bond acceptors (Lipinski definition) is 4. The van der Waals surface area contributed by atoms with E-state index in [0.29, 0.717) is 0 Å². The van der Waals surface area contributed by atoms with Gasteiger partial charge in [-0.15, -0.1) is 11.3 Å². The summed E-state index contributed by atoms with van der Waals surface area (Å²) >= 11 is 11.3. The van der Waals surface area contributed by atoms with Crippen LogP contribution in [0, 0.1) is 0 Å². The number of carbonyl (C=O) groups is 1. The normalized spacial score (nSPS) is 18.0. The predicted molar refractivity (Wildman–Crippen MR) is 124 cm³/mol. The van der Waals surface area contributed by atoms with Gasteiger partial charge in [0, 0.05) is 64.6 Å². The van der Waals surface area contributed by atoms with Crippen LogP contribution in [0.5, 0.6) is 0 Å². The molecule has 1 aromatic carbocycles. The van der Waals surface area contributed by atoms with E-state index < -0.39 is 0 Å². The molecule has 0 radical (unpaired) electrons. The largest absolute Gasteiger partial charge is 0.334 e. The fraction of sp³-hybridized carbons (Fsp3) is 0.273. The Kier molecular flexibility index (Phi) is 6.35. The van der Waals surface area contributed by atoms with Gasteiger partial charge in [0.2, 0.25) is 5.91 Å². The van der Waals surface area contributed by atoms with Gasteiger partial charge in [0.1, 0.15) is 0 Å². The van der Waals surface area contributed by atoms with E-state index in [2.05, 4.69) is 44.9 Å². The molecule has 150 valence electrons. The summed E-state index contributed by atoms with van der Waals surface area (Å²) in [6.07, 6.45) is 5.32. The Morgan fingerprint density at radius 1 is 1.34 bits per heavy atom. The van der Waals surface area contributed by atoms with Crippen molar-refractivity contribution in [3.8, 4) is 0 Å². The molecular formula is C22H21BrClN3OS. The van der Waals surface area contributed by atoms with Crippen molar-refractivity contribution in [2.45, 2.75) is 19.5 Å². The van der Waals surface area contributed by atoms with Crippen molar-refractivity contribution >= 4 is 61.8 Å². The number of hydrogen-bond donors (Lipinski definition) is 0. The van der Waals surface area contributed by atoms with Gasteiger partial charge in [0.15, 0.2) is 0 Å². The number of amides is 1. The fourth-order valence-electron chi connectivity index (χ4n) is 3.68. The summed E-state index contributed by atoms with van der Waals surface area (Å²) < 4.78 is 1.04. The second-order valence-electron chi connectivity index (χ2n) is 7.26. The molecule has 4 nitrogen and oxygen atoms in total. The predicted octanol–water partition coefficient (Wildman–Crippen LogP) is 5.46. The first kappa shape index (κ1) is 20.5. The minimum absolute atomic E-state index is 0.0752. The maximum Gasteiger partial charge on any atom is 0.246 e. The zero-order chi connectivity index (χ0) is 20.4. The third-order valence-corrected chi connectivity index (χ3v) is 7.12. The van der Waals surface area contributed by atoms with Crippen LogP contribution in [0.2, 0.25) is 5.02 Å². The van der Waals surface area contributed by atoms with Gasteiger partial charge < -0.3 is 4.90 Å². The average molecular weight is 491 g/mol. The maximum atomic E-state index is 12.6. The molecule has 1 aliphatic rings. The molecule has 1 fully saturated rings. The maximum absolute atomic E-state index is 12.6. The van der Waals surface area contributed by atoms with E-state index in [0.717, 1.165) is 51.5 Å². The molecule has 3 aromatic rings. The standard InChI is InChI=1S/C22H21BrClN3OS/c1-15-12-26(13-16-2-4-19-20(24)6-7-25-21(19)10-16)8-9-27(15)22(28)5-3-18-11-17(23)14-29-18/h2-7,10-11,14-15H,8-9,12-13H2,1H3/t15-/m0/s1. The van der Waals surface area contributed by atoms with Gasteiger partial charge in [-0.1, -0.05) is 23.7 Å². The summed E-state index contributed by atoms with van der Waals surface area (Å²) in [6, 6.07) is 10.3. The summed E-state index contributed by atoms with van der Waals surface area (Å²) in [7, 11) is 0. The Bertz CT molecular complexity index is 1070. The third kappa shape index (κ3) is 4.89. The van der Waals surface area contributed by atoms with E-state index in [-0.39, 0.29) is 11.9 Å². The molecule has 2 aromatic heterocycles. The Labute approximate surface area is 187 Å². The van der Waals surface area contributed by atoms with Crippen LogP contribution in [0.25, 0.3) is 17.0 Å². The van der Waals surface area contributed by atoms with Crippen LogP contribution in [0.1, 0.15) is 17.4 Å². The molecule has 1 saturated heterocycles. The number of fused-ring (bicyclic) bond motifs is 1.